The number of benzene rings is 2. The first kappa shape index (κ1) is 29.6. The number of carbonyl (C=O) groups is 2. The third kappa shape index (κ3) is 6.67. The van der Waals surface area contributed by atoms with Crippen molar-refractivity contribution in [3.8, 4) is 0 Å². The van der Waals surface area contributed by atoms with Crippen LogP contribution in [-0.4, -0.2) is 54.5 Å². The maximum Gasteiger partial charge on any atom is 0.257 e. The summed E-state index contributed by atoms with van der Waals surface area (Å²) in [5.74, 6) is -1.45. The average molecular weight is 574 g/mol. The molecule has 2 saturated heterocycles. The van der Waals surface area contributed by atoms with Crippen molar-refractivity contribution in [3.05, 3.63) is 64.4 Å². The molecular weight excluding hydrogens is 541 g/mol. The lowest BCUT2D eigenvalue weighted by Gasteiger charge is -2.36. The zero-order valence-corrected chi connectivity index (χ0v) is 23.2. The molecule has 2 N–H and O–H groups in total. The van der Waals surface area contributed by atoms with Gasteiger partial charge >= 0.3 is 0 Å². The van der Waals surface area contributed by atoms with Crippen molar-refractivity contribution in [1.82, 2.24) is 9.81 Å². The molecule has 0 bridgehead atoms. The van der Waals surface area contributed by atoms with Crippen molar-refractivity contribution in [2.75, 3.05) is 25.1 Å². The molecule has 0 radical (unpaired) electrons. The summed E-state index contributed by atoms with van der Waals surface area (Å²) in [6.07, 6.45) is 0.433. The highest BCUT2D eigenvalue weighted by Crippen LogP contribution is 2.37. The van der Waals surface area contributed by atoms with Gasteiger partial charge in [-0.2, -0.15) is 0 Å². The number of nitrogens with zero attached hydrogens (tertiary/aromatic N) is 3. The van der Waals surface area contributed by atoms with Gasteiger partial charge in [-0.05, 0) is 75.3 Å². The first-order valence-corrected chi connectivity index (χ1v) is 13.6. The highest BCUT2D eigenvalue weighted by molar-refractivity contribution is 6.30. The number of nitrogens with one attached hydrogen (secondary N) is 2. The Morgan fingerprint density at radius 3 is 2.60 bits per heavy atom. The minimum absolute atomic E-state index is 0.0319. The Kier molecular flexibility index (Phi) is 9.52. The van der Waals surface area contributed by atoms with E-state index in [2.05, 4.69) is 15.3 Å². The lowest BCUT2D eigenvalue weighted by Crippen LogP contribution is -2.53. The van der Waals surface area contributed by atoms with Gasteiger partial charge in [0.2, 0.25) is 11.0 Å². The minimum Gasteiger partial charge on any atom is -0.530 e. The molecule has 2 aliphatic heterocycles. The van der Waals surface area contributed by atoms with Crippen LogP contribution in [0.2, 0.25) is 5.02 Å². The van der Waals surface area contributed by atoms with Gasteiger partial charge in [-0.3, -0.25) is 4.79 Å². The molecule has 0 aliphatic carbocycles. The molecule has 3 atom stereocenters. The Labute approximate surface area is 237 Å². The molecule has 12 heteroatoms. The summed E-state index contributed by atoms with van der Waals surface area (Å²) >= 11 is 6.11. The van der Waals surface area contributed by atoms with Gasteiger partial charge in [0, 0.05) is 35.4 Å². The Morgan fingerprint density at radius 2 is 1.95 bits per heavy atom. The lowest BCUT2D eigenvalue weighted by atomic mass is 9.76. The van der Waals surface area contributed by atoms with Crippen LogP contribution >= 0.6 is 11.6 Å². The zero-order chi connectivity index (χ0) is 28.9. The SMILES string of the molecule is CC1(C)OCC(CCc2c(F)cccc2NC(=O)[C@@H](N=[N+]=N)[C@@H](c2ccc(Cl)cc2)C2CCOCC2)N1C(=O)[O-]. The third-order valence-corrected chi connectivity index (χ3v) is 7.95. The zero-order valence-electron chi connectivity index (χ0n) is 22.4. The van der Waals surface area contributed by atoms with Gasteiger partial charge in [-0.1, -0.05) is 29.8 Å². The molecule has 0 aromatic heterocycles. The van der Waals surface area contributed by atoms with Crippen LogP contribution in [0.25, 0.3) is 0 Å². The highest BCUT2D eigenvalue weighted by atomic mass is 35.5. The number of amides is 2. The molecule has 2 aromatic rings. The number of carbonyl (C=O) groups excluding carboxylic acids is 2. The van der Waals surface area contributed by atoms with Gasteiger partial charge in [-0.25, -0.2) is 4.39 Å². The van der Waals surface area contributed by atoms with E-state index in [9.17, 15) is 14.7 Å². The molecule has 0 saturated carbocycles. The van der Waals surface area contributed by atoms with E-state index in [0.717, 1.165) is 10.5 Å². The Bertz CT molecular complexity index is 1260. The molecule has 2 fully saturated rings. The van der Waals surface area contributed by atoms with Gasteiger partial charge < -0.3 is 29.6 Å². The van der Waals surface area contributed by atoms with Crippen molar-refractivity contribution in [2.24, 2.45) is 11.0 Å². The summed E-state index contributed by atoms with van der Waals surface area (Å²) in [5, 5.41) is 19.1. The van der Waals surface area contributed by atoms with Crippen LogP contribution in [0.1, 0.15) is 50.2 Å². The number of ether oxygens (including phenoxy) is 2. The Morgan fingerprint density at radius 1 is 1.25 bits per heavy atom. The average Bonchev–Trinajstić information content (AvgIpc) is 3.23. The number of carboxylic acid groups (broad SMARTS) is 1. The quantitative estimate of drug-likeness (QED) is 0.340. The maximum atomic E-state index is 15.1. The molecule has 2 aliphatic rings. The maximum absolute atomic E-state index is 15.1. The van der Waals surface area contributed by atoms with Crippen LogP contribution in [0.5, 0.6) is 0 Å². The summed E-state index contributed by atoms with van der Waals surface area (Å²) in [5.41, 5.74) is 7.69. The number of hydrogen-bond acceptors (Lipinski definition) is 7. The van der Waals surface area contributed by atoms with E-state index in [-0.39, 0.29) is 36.6 Å². The minimum atomic E-state index is -1.36. The second-order valence-corrected chi connectivity index (χ2v) is 11.0. The van der Waals surface area contributed by atoms with Gasteiger partial charge in [0.15, 0.2) is 0 Å². The first-order valence-electron chi connectivity index (χ1n) is 13.2. The summed E-state index contributed by atoms with van der Waals surface area (Å²) < 4.78 is 26.2. The summed E-state index contributed by atoms with van der Waals surface area (Å²) in [6, 6.07) is 9.92. The van der Waals surface area contributed by atoms with Gasteiger partial charge in [0.1, 0.15) is 28.3 Å². The predicted molar refractivity (Wildman–Crippen MR) is 143 cm³/mol. The van der Waals surface area contributed by atoms with Crippen LogP contribution in [-0.2, 0) is 20.7 Å². The third-order valence-electron chi connectivity index (χ3n) is 7.69. The summed E-state index contributed by atoms with van der Waals surface area (Å²) in [6.45, 7) is 4.50. The summed E-state index contributed by atoms with van der Waals surface area (Å²) in [7, 11) is 0. The predicted octanol–water partition coefficient (Wildman–Crippen LogP) is 4.26. The molecule has 4 rings (SSSR count). The van der Waals surface area contributed by atoms with E-state index in [0.29, 0.717) is 31.1 Å². The number of halogens is 2. The van der Waals surface area contributed by atoms with Gasteiger partial charge in [-0.15, -0.1) is 0 Å². The van der Waals surface area contributed by atoms with Crippen LogP contribution in [0.3, 0.4) is 0 Å². The summed E-state index contributed by atoms with van der Waals surface area (Å²) in [4.78, 5) is 29.8. The molecule has 40 heavy (non-hydrogen) atoms. The molecule has 0 spiro atoms. The second kappa shape index (κ2) is 12.9. The monoisotopic (exact) mass is 573 g/mol. The van der Waals surface area contributed by atoms with Crippen molar-refractivity contribution < 1.29 is 28.6 Å². The van der Waals surface area contributed by atoms with Crippen molar-refractivity contribution in [3.63, 3.8) is 0 Å². The van der Waals surface area contributed by atoms with Crippen LogP contribution in [0, 0.1) is 17.3 Å². The van der Waals surface area contributed by atoms with Crippen LogP contribution in [0.4, 0.5) is 14.9 Å². The fourth-order valence-electron chi connectivity index (χ4n) is 5.73. The normalized spacial score (nSPS) is 20.4. The molecule has 214 valence electrons. The van der Waals surface area contributed by atoms with E-state index >= 15 is 4.39 Å². The largest absolute Gasteiger partial charge is 0.530 e. The van der Waals surface area contributed by atoms with Gasteiger partial charge in [0.25, 0.3) is 5.91 Å². The highest BCUT2D eigenvalue weighted by Gasteiger charge is 2.41. The number of anilines is 1. The fourth-order valence-corrected chi connectivity index (χ4v) is 5.86. The lowest BCUT2D eigenvalue weighted by molar-refractivity contribution is -0.276. The number of rotatable bonds is 9. The van der Waals surface area contributed by atoms with Gasteiger partial charge in [0.05, 0.1) is 12.6 Å². The second-order valence-electron chi connectivity index (χ2n) is 10.5. The fraction of sp³-hybridized carbons (Fsp3) is 0.500. The topological polar surface area (TPSA) is 141 Å². The van der Waals surface area contributed by atoms with Crippen molar-refractivity contribution in [1.29, 1.82) is 5.53 Å². The first-order chi connectivity index (χ1) is 19.1. The van der Waals surface area contributed by atoms with Crippen molar-refractivity contribution in [2.45, 2.75) is 63.3 Å². The molecule has 2 aromatic carbocycles. The van der Waals surface area contributed by atoms with E-state index in [4.69, 9.17) is 26.6 Å². The smallest absolute Gasteiger partial charge is 0.257 e. The van der Waals surface area contributed by atoms with Crippen LogP contribution in [0.15, 0.2) is 47.6 Å². The molecule has 10 nitrogen and oxygen atoms in total. The standard InChI is InChI=1S/C28H33ClFN5O5/c1-28(2)35(27(37)38)20(16-40-28)10-11-21-22(30)4-3-5-23(21)32-26(36)25(33-34-31)24(18-12-14-39-15-13-18)17-6-8-19(29)9-7-17/h3-9,18,20,24-25,31H,10-16H2,1-2H3,(H-,32,36,37,38)/t20?,24-,25-/m0/s1. The molecule has 2 amide bonds. The van der Waals surface area contributed by atoms with Crippen LogP contribution < -0.4 is 15.3 Å². The number of hydrogen-bond donors (Lipinski definition) is 2. The Hall–Kier alpha value is -3.37. The van der Waals surface area contributed by atoms with Crippen molar-refractivity contribution >= 4 is 29.3 Å². The van der Waals surface area contributed by atoms with E-state index in [1.165, 1.54) is 12.1 Å². The molecule has 2 heterocycles. The molecule has 1 unspecified atom stereocenters. The van der Waals surface area contributed by atoms with E-state index in [1.54, 1.807) is 32.0 Å². The Balaban J connectivity index is 1.59. The molecular formula is C28H33ClFN5O5. The van der Waals surface area contributed by atoms with E-state index < -0.39 is 41.5 Å². The van der Waals surface area contributed by atoms with E-state index in [1.807, 2.05) is 12.1 Å².